The Bertz CT molecular complexity index is 512. The molecule has 0 saturated heterocycles. The van der Waals surface area contributed by atoms with E-state index in [-0.39, 0.29) is 17.2 Å². The van der Waals surface area contributed by atoms with Gasteiger partial charge in [-0.25, -0.2) is 0 Å². The number of likely N-dealkylation sites (N-methyl/N-ethyl adjacent to an activating group) is 1. The molecule has 1 rings (SSSR count). The summed E-state index contributed by atoms with van der Waals surface area (Å²) in [7, 11) is 1.47. The number of aromatic hydroxyl groups is 1. The molecule has 2 amide bonds. The third kappa shape index (κ3) is 4.11. The Hall–Kier alpha value is -2.24. The van der Waals surface area contributed by atoms with Gasteiger partial charge in [0.15, 0.2) is 0 Å². The minimum Gasteiger partial charge on any atom is -0.507 e. The Morgan fingerprint density at radius 1 is 1.33 bits per heavy atom. The lowest BCUT2D eigenvalue weighted by atomic mass is 10.1. The highest BCUT2D eigenvalue weighted by Crippen LogP contribution is 2.23. The summed E-state index contributed by atoms with van der Waals surface area (Å²) in [5.74, 6) is -0.379. The van der Waals surface area contributed by atoms with Gasteiger partial charge in [0.2, 0.25) is 5.91 Å². The molecular formula is C15H22N2O4. The number of carbonyl (C=O) groups excluding carboxylic acids is 2. The molecule has 0 saturated carbocycles. The minimum absolute atomic E-state index is 0.106. The summed E-state index contributed by atoms with van der Waals surface area (Å²) in [4.78, 5) is 25.8. The van der Waals surface area contributed by atoms with E-state index in [0.29, 0.717) is 18.8 Å². The van der Waals surface area contributed by atoms with Gasteiger partial charge < -0.3 is 20.1 Å². The van der Waals surface area contributed by atoms with Crippen molar-refractivity contribution in [2.24, 2.45) is 0 Å². The largest absolute Gasteiger partial charge is 0.507 e. The van der Waals surface area contributed by atoms with Crippen molar-refractivity contribution < 1.29 is 19.4 Å². The molecule has 0 bridgehead atoms. The van der Waals surface area contributed by atoms with Crippen LogP contribution in [0.2, 0.25) is 0 Å². The van der Waals surface area contributed by atoms with Gasteiger partial charge in [0.05, 0.1) is 12.7 Å². The van der Waals surface area contributed by atoms with E-state index in [4.69, 9.17) is 4.74 Å². The van der Waals surface area contributed by atoms with Crippen molar-refractivity contribution in [1.29, 1.82) is 0 Å². The van der Waals surface area contributed by atoms with Crippen LogP contribution in [0, 0.1) is 0 Å². The second-order valence-electron chi connectivity index (χ2n) is 4.59. The van der Waals surface area contributed by atoms with Crippen LogP contribution >= 0.6 is 0 Å². The summed E-state index contributed by atoms with van der Waals surface area (Å²) in [5, 5.41) is 12.4. The van der Waals surface area contributed by atoms with Gasteiger partial charge in [-0.15, -0.1) is 0 Å². The van der Waals surface area contributed by atoms with Crippen LogP contribution in [0.4, 0.5) is 0 Å². The highest BCUT2D eigenvalue weighted by atomic mass is 16.5. The normalized spacial score (nSPS) is 11.6. The second kappa shape index (κ2) is 7.52. The fourth-order valence-electron chi connectivity index (χ4n) is 1.98. The van der Waals surface area contributed by atoms with Crippen LogP contribution in [0.3, 0.4) is 0 Å². The number of ether oxygens (including phenoxy) is 1. The lowest BCUT2D eigenvalue weighted by molar-refractivity contribution is -0.132. The molecule has 0 aliphatic carbocycles. The highest BCUT2D eigenvalue weighted by Gasteiger charge is 2.21. The molecule has 6 nitrogen and oxygen atoms in total. The molecule has 21 heavy (non-hydrogen) atoms. The smallest absolute Gasteiger partial charge is 0.255 e. The summed E-state index contributed by atoms with van der Waals surface area (Å²) < 4.78 is 4.96. The molecule has 2 N–H and O–H groups in total. The second-order valence-corrected chi connectivity index (χ2v) is 4.59. The van der Waals surface area contributed by atoms with Gasteiger partial charge in [0.1, 0.15) is 17.5 Å². The summed E-state index contributed by atoms with van der Waals surface area (Å²) in [6, 6.07) is 3.73. The third-order valence-electron chi connectivity index (χ3n) is 3.24. The summed E-state index contributed by atoms with van der Waals surface area (Å²) in [5.41, 5.74) is 0.106. The molecule has 6 heteroatoms. The molecule has 1 aromatic carbocycles. The first-order valence-electron chi connectivity index (χ1n) is 6.91. The molecule has 0 radical (unpaired) electrons. The predicted molar refractivity (Wildman–Crippen MR) is 79.5 cm³/mol. The average Bonchev–Trinajstić information content (AvgIpc) is 2.47. The molecule has 0 aliphatic rings. The van der Waals surface area contributed by atoms with E-state index in [1.807, 2.05) is 13.8 Å². The topological polar surface area (TPSA) is 78.9 Å². The fraction of sp³-hybridized carbons (Fsp3) is 0.467. The standard InChI is InChI=1S/C15H22N2O4/c1-5-17(6-2)15(20)10(3)16-14(19)12-8-7-11(21-4)9-13(12)18/h7-10,18H,5-6H2,1-4H3,(H,16,19). The zero-order valence-electron chi connectivity index (χ0n) is 12.8. The molecule has 0 heterocycles. The summed E-state index contributed by atoms with van der Waals surface area (Å²) in [6.07, 6.45) is 0. The number of hydrogen-bond donors (Lipinski definition) is 2. The van der Waals surface area contributed by atoms with Crippen molar-refractivity contribution in [1.82, 2.24) is 10.2 Å². The molecule has 0 aliphatic heterocycles. The molecular weight excluding hydrogens is 272 g/mol. The molecule has 0 aromatic heterocycles. The number of hydrogen-bond acceptors (Lipinski definition) is 4. The number of nitrogens with one attached hydrogen (secondary N) is 1. The maximum absolute atomic E-state index is 12.1. The Labute approximate surface area is 124 Å². The molecule has 0 fully saturated rings. The Balaban J connectivity index is 2.79. The van der Waals surface area contributed by atoms with Gasteiger partial charge >= 0.3 is 0 Å². The lowest BCUT2D eigenvalue weighted by Crippen LogP contribution is -2.46. The predicted octanol–water partition coefficient (Wildman–Crippen LogP) is 1.39. The van der Waals surface area contributed by atoms with Crippen LogP contribution in [-0.4, -0.2) is 48.1 Å². The number of phenols is 1. The number of carbonyl (C=O) groups is 2. The number of benzene rings is 1. The third-order valence-corrected chi connectivity index (χ3v) is 3.24. The minimum atomic E-state index is -0.654. The first-order valence-corrected chi connectivity index (χ1v) is 6.91. The molecule has 116 valence electrons. The number of phenolic OH excluding ortho intramolecular Hbond substituents is 1. The van der Waals surface area contributed by atoms with E-state index in [2.05, 4.69) is 5.32 Å². The number of amides is 2. The Morgan fingerprint density at radius 3 is 2.43 bits per heavy atom. The molecule has 1 aromatic rings. The van der Waals surface area contributed by atoms with Crippen LogP contribution in [-0.2, 0) is 4.79 Å². The van der Waals surface area contributed by atoms with E-state index in [0.717, 1.165) is 0 Å². The van der Waals surface area contributed by atoms with Crippen LogP contribution in [0.1, 0.15) is 31.1 Å². The number of rotatable bonds is 6. The van der Waals surface area contributed by atoms with Crippen LogP contribution < -0.4 is 10.1 Å². The van der Waals surface area contributed by atoms with Crippen LogP contribution in [0.15, 0.2) is 18.2 Å². The van der Waals surface area contributed by atoms with Crippen LogP contribution in [0.25, 0.3) is 0 Å². The van der Waals surface area contributed by atoms with Gasteiger partial charge in [0, 0.05) is 19.2 Å². The Kier molecular flexibility index (Phi) is 6.02. The van der Waals surface area contributed by atoms with Gasteiger partial charge in [-0.2, -0.15) is 0 Å². The van der Waals surface area contributed by atoms with E-state index in [9.17, 15) is 14.7 Å². The average molecular weight is 294 g/mol. The first-order chi connectivity index (χ1) is 9.94. The monoisotopic (exact) mass is 294 g/mol. The van der Waals surface area contributed by atoms with Crippen molar-refractivity contribution in [2.75, 3.05) is 20.2 Å². The van der Waals surface area contributed by atoms with Gasteiger partial charge in [-0.3, -0.25) is 9.59 Å². The van der Waals surface area contributed by atoms with Gasteiger partial charge in [0.25, 0.3) is 5.91 Å². The number of nitrogens with zero attached hydrogens (tertiary/aromatic N) is 1. The first kappa shape index (κ1) is 16.8. The van der Waals surface area contributed by atoms with Crippen LogP contribution in [0.5, 0.6) is 11.5 Å². The van der Waals surface area contributed by atoms with E-state index in [1.165, 1.54) is 19.2 Å². The summed E-state index contributed by atoms with van der Waals surface area (Å²) >= 11 is 0. The quantitative estimate of drug-likeness (QED) is 0.831. The van der Waals surface area contributed by atoms with Crippen molar-refractivity contribution in [3.8, 4) is 11.5 Å². The van der Waals surface area contributed by atoms with Crippen molar-refractivity contribution in [2.45, 2.75) is 26.8 Å². The summed E-state index contributed by atoms with van der Waals surface area (Å²) in [6.45, 7) is 6.56. The highest BCUT2D eigenvalue weighted by molar-refractivity contribution is 5.99. The fourth-order valence-corrected chi connectivity index (χ4v) is 1.98. The van der Waals surface area contributed by atoms with E-state index >= 15 is 0 Å². The maximum Gasteiger partial charge on any atom is 0.255 e. The Morgan fingerprint density at radius 2 is 1.95 bits per heavy atom. The van der Waals surface area contributed by atoms with Crippen molar-refractivity contribution in [3.05, 3.63) is 23.8 Å². The van der Waals surface area contributed by atoms with E-state index in [1.54, 1.807) is 17.9 Å². The molecule has 1 unspecified atom stereocenters. The zero-order chi connectivity index (χ0) is 16.0. The van der Waals surface area contributed by atoms with E-state index < -0.39 is 11.9 Å². The lowest BCUT2D eigenvalue weighted by Gasteiger charge is -2.23. The molecule has 0 spiro atoms. The van der Waals surface area contributed by atoms with Gasteiger partial charge in [-0.1, -0.05) is 0 Å². The van der Waals surface area contributed by atoms with Crippen molar-refractivity contribution in [3.63, 3.8) is 0 Å². The van der Waals surface area contributed by atoms with Crippen molar-refractivity contribution >= 4 is 11.8 Å². The number of methoxy groups -OCH3 is 1. The van der Waals surface area contributed by atoms with Gasteiger partial charge in [-0.05, 0) is 32.9 Å². The SMILES string of the molecule is CCN(CC)C(=O)C(C)NC(=O)c1ccc(OC)cc1O. The zero-order valence-corrected chi connectivity index (χ0v) is 12.8. The molecule has 1 atom stereocenters. The maximum atomic E-state index is 12.1.